The molecule has 6 aliphatic carbocycles. The highest BCUT2D eigenvalue weighted by atomic mass is 19.3. The smallest absolute Gasteiger partial charge is 0.377 e. The second kappa shape index (κ2) is 8.12. The van der Waals surface area contributed by atoms with Gasteiger partial charge >= 0.3 is 29.8 Å². The first kappa shape index (κ1) is 24.1. The van der Waals surface area contributed by atoms with Gasteiger partial charge in [0.15, 0.2) is 6.61 Å². The van der Waals surface area contributed by atoms with E-state index in [1.807, 2.05) is 6.92 Å². The number of hydrogen-bond acceptors (Lipinski definition) is 8. The zero-order valence-corrected chi connectivity index (χ0v) is 20.5. The zero-order chi connectivity index (χ0) is 25.6. The molecule has 36 heavy (non-hydrogen) atoms. The van der Waals surface area contributed by atoms with Crippen LogP contribution in [0.2, 0.25) is 0 Å². The Morgan fingerprint density at radius 2 is 1.67 bits per heavy atom. The van der Waals surface area contributed by atoms with Crippen LogP contribution < -0.4 is 0 Å². The monoisotopic (exact) mass is 510 g/mol. The summed E-state index contributed by atoms with van der Waals surface area (Å²) in [4.78, 5) is 50.2. The summed E-state index contributed by atoms with van der Waals surface area (Å²) < 4.78 is 48.6. The summed E-state index contributed by atoms with van der Waals surface area (Å²) in [5.74, 6) is -8.26. The molecule has 6 unspecified atom stereocenters. The number of ether oxygens (including phenoxy) is 4. The van der Waals surface area contributed by atoms with Gasteiger partial charge in [-0.1, -0.05) is 6.92 Å². The van der Waals surface area contributed by atoms with Gasteiger partial charge in [0.25, 0.3) is 0 Å². The average molecular weight is 511 g/mol. The quantitative estimate of drug-likeness (QED) is 0.380. The van der Waals surface area contributed by atoms with Crippen molar-refractivity contribution in [2.24, 2.45) is 47.3 Å². The van der Waals surface area contributed by atoms with Gasteiger partial charge in [0.1, 0.15) is 17.8 Å². The van der Waals surface area contributed by atoms with Crippen molar-refractivity contribution >= 4 is 23.9 Å². The first-order valence-corrected chi connectivity index (χ1v) is 13.2. The van der Waals surface area contributed by atoms with Crippen LogP contribution in [0.1, 0.15) is 58.8 Å². The van der Waals surface area contributed by atoms with Gasteiger partial charge < -0.3 is 18.9 Å². The maximum atomic E-state index is 13.4. The predicted molar refractivity (Wildman–Crippen MR) is 116 cm³/mol. The molecule has 198 valence electrons. The van der Waals surface area contributed by atoms with Crippen molar-refractivity contribution in [3.63, 3.8) is 0 Å². The van der Waals surface area contributed by atoms with E-state index in [0.717, 1.165) is 32.1 Å². The second-order valence-electron chi connectivity index (χ2n) is 12.0. The molecule has 6 bridgehead atoms. The third-order valence-electron chi connectivity index (χ3n) is 10.1. The lowest BCUT2D eigenvalue weighted by molar-refractivity contribution is -0.214. The fourth-order valence-electron chi connectivity index (χ4n) is 8.96. The average Bonchev–Trinajstić information content (AvgIpc) is 3.43. The number of halogens is 2. The second-order valence-corrected chi connectivity index (χ2v) is 12.0. The van der Waals surface area contributed by atoms with Crippen molar-refractivity contribution < 1.29 is 46.9 Å². The molecule has 6 saturated carbocycles. The summed E-state index contributed by atoms with van der Waals surface area (Å²) in [5.41, 5.74) is -0.517. The van der Waals surface area contributed by atoms with E-state index in [4.69, 9.17) is 18.9 Å². The maximum Gasteiger partial charge on any atom is 0.377 e. The molecule has 7 aliphatic rings. The van der Waals surface area contributed by atoms with Crippen LogP contribution >= 0.6 is 0 Å². The molecular weight excluding hydrogens is 478 g/mol. The van der Waals surface area contributed by atoms with Crippen LogP contribution in [0, 0.1) is 47.3 Å². The highest BCUT2D eigenvalue weighted by molar-refractivity contribution is 5.87. The maximum absolute atomic E-state index is 13.4. The van der Waals surface area contributed by atoms with Crippen LogP contribution in [0.4, 0.5) is 8.78 Å². The van der Waals surface area contributed by atoms with Crippen LogP contribution in [0.15, 0.2) is 0 Å². The van der Waals surface area contributed by atoms with Crippen LogP contribution in [0.25, 0.3) is 0 Å². The summed E-state index contributed by atoms with van der Waals surface area (Å²) in [6.07, 6.45) is 4.62. The van der Waals surface area contributed by atoms with Gasteiger partial charge in [-0.3, -0.25) is 9.59 Å². The summed E-state index contributed by atoms with van der Waals surface area (Å²) in [5, 5.41) is 0. The molecule has 0 spiro atoms. The summed E-state index contributed by atoms with van der Waals surface area (Å²) >= 11 is 0. The minimum Gasteiger partial charge on any atom is -0.458 e. The molecule has 1 saturated heterocycles. The van der Waals surface area contributed by atoms with E-state index >= 15 is 0 Å². The van der Waals surface area contributed by atoms with Crippen molar-refractivity contribution in [3.8, 4) is 0 Å². The van der Waals surface area contributed by atoms with Gasteiger partial charge in [-0.05, 0) is 68.6 Å². The molecule has 8 nitrogen and oxygen atoms in total. The fraction of sp³-hybridized carbons (Fsp3) is 0.846. The minimum absolute atomic E-state index is 0.323. The van der Waals surface area contributed by atoms with Crippen molar-refractivity contribution in [2.45, 2.75) is 82.5 Å². The largest absolute Gasteiger partial charge is 0.458 e. The molecule has 0 radical (unpaired) electrons. The van der Waals surface area contributed by atoms with Gasteiger partial charge in [-0.15, -0.1) is 0 Å². The highest BCUT2D eigenvalue weighted by Gasteiger charge is 2.70. The van der Waals surface area contributed by atoms with E-state index in [-0.39, 0.29) is 0 Å². The van der Waals surface area contributed by atoms with Crippen LogP contribution in [0.3, 0.4) is 0 Å². The Balaban J connectivity index is 1.11. The third kappa shape index (κ3) is 3.49. The Labute approximate surface area is 207 Å². The number of hydrogen-bond donors (Lipinski definition) is 0. The SMILES string of the molecule is CCC1(OC(=O)COC(=O)C2C3CC4C(OC(=O)C42)C3OC(=O)C(C)(F)F)C2CC3CC(C2)CC1C3. The molecule has 0 aromatic rings. The number of fused-ring (bicyclic) bond motifs is 1. The summed E-state index contributed by atoms with van der Waals surface area (Å²) in [6, 6.07) is 0. The lowest BCUT2D eigenvalue weighted by Gasteiger charge is -2.60. The van der Waals surface area contributed by atoms with Gasteiger partial charge in [0.2, 0.25) is 0 Å². The van der Waals surface area contributed by atoms with Gasteiger partial charge in [0, 0.05) is 18.8 Å². The summed E-state index contributed by atoms with van der Waals surface area (Å²) in [7, 11) is 0. The molecular formula is C26H32F2O8. The zero-order valence-electron chi connectivity index (χ0n) is 20.5. The first-order valence-electron chi connectivity index (χ1n) is 13.2. The van der Waals surface area contributed by atoms with Gasteiger partial charge in [-0.25, -0.2) is 9.59 Å². The Hall–Kier alpha value is -2.26. The Kier molecular flexibility index (Phi) is 5.43. The molecule has 0 aromatic heterocycles. The number of rotatable bonds is 7. The molecule has 7 rings (SSSR count). The highest BCUT2D eigenvalue weighted by Crippen LogP contribution is 2.61. The van der Waals surface area contributed by atoms with E-state index in [0.29, 0.717) is 37.0 Å². The lowest BCUT2D eigenvalue weighted by atomic mass is 9.49. The standard InChI is InChI=1S/C26H32F2O8/c1-3-26(13-5-11-4-12(7-13)8-14(26)6-11)36-17(29)10-33-22(30)18-15-9-16-19(18)23(31)34-20(16)21(15)35-24(32)25(2,27)28/h11-16,18-21H,3-10H2,1-2H3. The normalized spacial score (nSPS) is 45.5. The lowest BCUT2D eigenvalue weighted by Crippen LogP contribution is -2.59. The van der Waals surface area contributed by atoms with Crippen molar-refractivity contribution in [2.75, 3.05) is 6.61 Å². The van der Waals surface area contributed by atoms with E-state index in [1.54, 1.807) is 0 Å². The Morgan fingerprint density at radius 3 is 2.25 bits per heavy atom. The van der Waals surface area contributed by atoms with E-state index in [2.05, 4.69) is 0 Å². The van der Waals surface area contributed by atoms with Crippen molar-refractivity contribution in [3.05, 3.63) is 0 Å². The van der Waals surface area contributed by atoms with Crippen LogP contribution in [-0.4, -0.2) is 54.2 Å². The van der Waals surface area contributed by atoms with Gasteiger partial charge in [0.05, 0.1) is 11.8 Å². The molecule has 0 aromatic carbocycles. The molecule has 10 heteroatoms. The van der Waals surface area contributed by atoms with Crippen molar-refractivity contribution in [1.82, 2.24) is 0 Å². The number of carbonyl (C=O) groups excluding carboxylic acids is 4. The van der Waals surface area contributed by atoms with Crippen LogP contribution in [-0.2, 0) is 38.1 Å². The van der Waals surface area contributed by atoms with Gasteiger partial charge in [-0.2, -0.15) is 8.78 Å². The third-order valence-corrected chi connectivity index (χ3v) is 10.1. The molecule has 0 amide bonds. The molecule has 1 heterocycles. The fourth-order valence-corrected chi connectivity index (χ4v) is 8.96. The van der Waals surface area contributed by atoms with E-state index in [9.17, 15) is 28.0 Å². The number of esters is 4. The topological polar surface area (TPSA) is 105 Å². The molecule has 7 fully saturated rings. The number of alkyl halides is 2. The predicted octanol–water partition coefficient (Wildman–Crippen LogP) is 3.05. The molecule has 1 aliphatic heterocycles. The van der Waals surface area contributed by atoms with E-state index < -0.39 is 77.9 Å². The first-order chi connectivity index (χ1) is 17.0. The van der Waals surface area contributed by atoms with E-state index in [1.165, 1.54) is 6.42 Å². The molecule has 0 N–H and O–H groups in total. The minimum atomic E-state index is -3.71. The molecule has 6 atom stereocenters. The number of carbonyl (C=O) groups is 4. The van der Waals surface area contributed by atoms with Crippen LogP contribution in [0.5, 0.6) is 0 Å². The Bertz CT molecular complexity index is 961. The Morgan fingerprint density at radius 1 is 1.03 bits per heavy atom. The summed E-state index contributed by atoms with van der Waals surface area (Å²) in [6.45, 7) is 1.89. The van der Waals surface area contributed by atoms with Crippen molar-refractivity contribution in [1.29, 1.82) is 0 Å².